The van der Waals surface area contributed by atoms with Crippen LogP contribution >= 0.6 is 22.6 Å². The molecule has 1 aromatic carbocycles. The van der Waals surface area contributed by atoms with Gasteiger partial charge in [0.05, 0.1) is 17.9 Å². The summed E-state index contributed by atoms with van der Waals surface area (Å²) in [4.78, 5) is 11.2. The molecule has 2 rings (SSSR count). The Bertz CT molecular complexity index is 736. The molecule has 112 valence electrons. The first-order valence-electron chi connectivity index (χ1n) is 6.44. The van der Waals surface area contributed by atoms with Gasteiger partial charge in [0.25, 0.3) is 0 Å². The fourth-order valence-electron chi connectivity index (χ4n) is 1.85. The molecule has 0 aliphatic rings. The number of sulfone groups is 1. The zero-order valence-corrected chi connectivity index (χ0v) is 14.5. The van der Waals surface area contributed by atoms with E-state index in [4.69, 9.17) is 0 Å². The van der Waals surface area contributed by atoms with Gasteiger partial charge < -0.3 is 0 Å². The van der Waals surface area contributed by atoms with Crippen LogP contribution in [-0.2, 0) is 16.4 Å². The smallest absolute Gasteiger partial charge is 0.153 e. The second-order valence-electron chi connectivity index (χ2n) is 4.56. The van der Waals surface area contributed by atoms with E-state index < -0.39 is 9.84 Å². The molecule has 1 heterocycles. The molecule has 2 aromatic rings. The average molecular weight is 418 g/mol. The Morgan fingerprint density at radius 3 is 2.52 bits per heavy atom. The zero-order valence-electron chi connectivity index (χ0n) is 11.5. The molecule has 0 saturated carbocycles. The molecule has 0 radical (unpaired) electrons. The van der Waals surface area contributed by atoms with Crippen molar-refractivity contribution in [1.29, 1.82) is 0 Å². The van der Waals surface area contributed by atoms with Crippen molar-refractivity contribution in [2.45, 2.75) is 13.5 Å². The fourth-order valence-corrected chi connectivity index (χ4v) is 2.96. The van der Waals surface area contributed by atoms with Crippen LogP contribution in [0, 0.1) is 3.57 Å². The number of hydrogen-bond acceptors (Lipinski definition) is 4. The number of benzene rings is 1. The van der Waals surface area contributed by atoms with Gasteiger partial charge in [-0.05, 0) is 34.7 Å². The van der Waals surface area contributed by atoms with Gasteiger partial charge in [0, 0.05) is 21.1 Å². The van der Waals surface area contributed by atoms with Crippen LogP contribution in [-0.4, -0.2) is 36.0 Å². The molecule has 5 nitrogen and oxygen atoms in total. The predicted octanol–water partition coefficient (Wildman–Crippen LogP) is 2.40. The van der Waals surface area contributed by atoms with E-state index in [1.54, 1.807) is 13.1 Å². The topological polar surface area (TPSA) is 69.0 Å². The van der Waals surface area contributed by atoms with Crippen molar-refractivity contribution in [2.24, 2.45) is 0 Å². The molecule has 0 saturated heterocycles. The lowest BCUT2D eigenvalue weighted by atomic mass is 10.1. The van der Waals surface area contributed by atoms with E-state index in [0.29, 0.717) is 11.3 Å². The van der Waals surface area contributed by atoms with Gasteiger partial charge in [-0.3, -0.25) is 9.48 Å². The minimum atomic E-state index is -3.05. The van der Waals surface area contributed by atoms with Gasteiger partial charge in [-0.25, -0.2) is 8.42 Å². The number of rotatable bonds is 6. The van der Waals surface area contributed by atoms with Crippen molar-refractivity contribution in [3.8, 4) is 11.3 Å². The summed E-state index contributed by atoms with van der Waals surface area (Å²) in [6.07, 6.45) is 2.33. The molecule has 21 heavy (non-hydrogen) atoms. The van der Waals surface area contributed by atoms with Crippen LogP contribution in [0.25, 0.3) is 11.3 Å². The Morgan fingerprint density at radius 1 is 1.29 bits per heavy atom. The highest BCUT2D eigenvalue weighted by Crippen LogP contribution is 2.22. The third-order valence-electron chi connectivity index (χ3n) is 3.11. The Morgan fingerprint density at radius 2 is 1.95 bits per heavy atom. The van der Waals surface area contributed by atoms with Crippen LogP contribution < -0.4 is 0 Å². The summed E-state index contributed by atoms with van der Waals surface area (Å²) in [5.74, 6) is 0.133. The van der Waals surface area contributed by atoms with Crippen LogP contribution in [0.3, 0.4) is 0 Å². The molecule has 0 bridgehead atoms. The van der Waals surface area contributed by atoms with Crippen LogP contribution in [0.2, 0.25) is 0 Å². The number of aldehydes is 1. The van der Waals surface area contributed by atoms with E-state index in [1.807, 2.05) is 24.3 Å². The van der Waals surface area contributed by atoms with Crippen molar-refractivity contribution in [1.82, 2.24) is 9.78 Å². The van der Waals surface area contributed by atoms with Crippen molar-refractivity contribution in [2.75, 3.05) is 11.5 Å². The van der Waals surface area contributed by atoms with Gasteiger partial charge in [-0.2, -0.15) is 5.10 Å². The van der Waals surface area contributed by atoms with Crippen molar-refractivity contribution in [3.63, 3.8) is 0 Å². The van der Waals surface area contributed by atoms with Gasteiger partial charge in [-0.15, -0.1) is 0 Å². The third kappa shape index (κ3) is 4.13. The van der Waals surface area contributed by atoms with E-state index in [2.05, 4.69) is 27.7 Å². The third-order valence-corrected chi connectivity index (χ3v) is 5.51. The molecule has 0 spiro atoms. The largest absolute Gasteiger partial charge is 0.298 e. The van der Waals surface area contributed by atoms with Crippen molar-refractivity contribution in [3.05, 3.63) is 39.6 Å². The molecule has 1 aromatic heterocycles. The summed E-state index contributed by atoms with van der Waals surface area (Å²) in [6, 6.07) is 7.66. The van der Waals surface area contributed by atoms with Gasteiger partial charge >= 0.3 is 0 Å². The summed E-state index contributed by atoms with van der Waals surface area (Å²) in [5, 5.41) is 4.34. The minimum absolute atomic E-state index is 0.0234. The standard InChI is InChI=1S/C14H15IN2O3S/c1-2-21(19,20)8-7-17-9-12(10-18)14(16-17)11-3-5-13(15)6-4-11/h3-6,9-10H,2,7-8H2,1H3. The van der Waals surface area contributed by atoms with Gasteiger partial charge in [-0.1, -0.05) is 19.1 Å². The molecular formula is C14H15IN2O3S. The minimum Gasteiger partial charge on any atom is -0.298 e. The summed E-state index contributed by atoms with van der Waals surface area (Å²) in [5.41, 5.74) is 1.88. The lowest BCUT2D eigenvalue weighted by Gasteiger charge is -2.02. The molecule has 0 aliphatic carbocycles. The number of aryl methyl sites for hydroxylation is 1. The highest BCUT2D eigenvalue weighted by atomic mass is 127. The maximum Gasteiger partial charge on any atom is 0.153 e. The Hall–Kier alpha value is -1.22. The number of carbonyl (C=O) groups is 1. The summed E-state index contributed by atoms with van der Waals surface area (Å²) in [7, 11) is -3.05. The molecule has 7 heteroatoms. The maximum absolute atomic E-state index is 11.5. The molecule has 0 aliphatic heterocycles. The zero-order chi connectivity index (χ0) is 15.5. The van der Waals surface area contributed by atoms with Crippen LogP contribution in [0.1, 0.15) is 17.3 Å². The first-order valence-corrected chi connectivity index (χ1v) is 9.34. The van der Waals surface area contributed by atoms with Crippen LogP contribution in [0.4, 0.5) is 0 Å². The second kappa shape index (κ2) is 6.69. The highest BCUT2D eigenvalue weighted by Gasteiger charge is 2.13. The monoisotopic (exact) mass is 418 g/mol. The highest BCUT2D eigenvalue weighted by molar-refractivity contribution is 14.1. The Balaban J connectivity index is 2.27. The van der Waals surface area contributed by atoms with Crippen LogP contribution in [0.5, 0.6) is 0 Å². The summed E-state index contributed by atoms with van der Waals surface area (Å²) < 4.78 is 25.7. The second-order valence-corrected chi connectivity index (χ2v) is 8.28. The molecular weight excluding hydrogens is 403 g/mol. The Kier molecular flexibility index (Phi) is 5.15. The van der Waals surface area contributed by atoms with E-state index in [9.17, 15) is 13.2 Å². The lowest BCUT2D eigenvalue weighted by molar-refractivity contribution is 0.112. The summed E-state index contributed by atoms with van der Waals surface area (Å²) in [6.45, 7) is 1.87. The molecule has 0 atom stereocenters. The molecule has 0 N–H and O–H groups in total. The number of carbonyl (C=O) groups excluding carboxylic acids is 1. The lowest BCUT2D eigenvalue weighted by Crippen LogP contribution is -2.14. The predicted molar refractivity (Wildman–Crippen MR) is 90.1 cm³/mol. The summed E-state index contributed by atoms with van der Waals surface area (Å²) >= 11 is 2.20. The number of nitrogens with zero attached hydrogens (tertiary/aromatic N) is 2. The first kappa shape index (κ1) is 16.2. The molecule has 0 amide bonds. The van der Waals surface area contributed by atoms with Gasteiger partial charge in [0.15, 0.2) is 16.1 Å². The molecule has 0 unspecified atom stereocenters. The SMILES string of the molecule is CCS(=O)(=O)CCn1cc(C=O)c(-c2ccc(I)cc2)n1. The number of aromatic nitrogens is 2. The van der Waals surface area contributed by atoms with Crippen LogP contribution in [0.15, 0.2) is 30.5 Å². The van der Waals surface area contributed by atoms with E-state index in [1.165, 1.54) is 4.68 Å². The first-order chi connectivity index (χ1) is 9.95. The number of hydrogen-bond donors (Lipinski definition) is 0. The van der Waals surface area contributed by atoms with Gasteiger partial charge in [0.1, 0.15) is 5.69 Å². The number of halogens is 1. The molecule has 0 fully saturated rings. The van der Waals surface area contributed by atoms with E-state index >= 15 is 0 Å². The van der Waals surface area contributed by atoms with E-state index in [-0.39, 0.29) is 18.1 Å². The quantitative estimate of drug-likeness (QED) is 0.534. The normalized spacial score (nSPS) is 11.5. The maximum atomic E-state index is 11.5. The van der Waals surface area contributed by atoms with Crippen molar-refractivity contribution >= 4 is 38.7 Å². The van der Waals surface area contributed by atoms with Gasteiger partial charge in [0.2, 0.25) is 0 Å². The average Bonchev–Trinajstić information content (AvgIpc) is 2.89. The van der Waals surface area contributed by atoms with E-state index in [0.717, 1.165) is 15.4 Å². The fraction of sp³-hybridized carbons (Fsp3) is 0.286. The Labute approximate surface area is 137 Å². The van der Waals surface area contributed by atoms with Crippen molar-refractivity contribution < 1.29 is 13.2 Å².